The molecule has 2 aromatic heterocycles. The van der Waals surface area contributed by atoms with Crippen molar-refractivity contribution in [2.24, 2.45) is 0 Å². The molecule has 7 aromatic carbocycles. The summed E-state index contributed by atoms with van der Waals surface area (Å²) in [6.45, 7) is 0. The van der Waals surface area contributed by atoms with Gasteiger partial charge in [0.1, 0.15) is 5.58 Å². The number of fused-ring (bicyclic) bond motifs is 6. The molecule has 0 aliphatic heterocycles. The van der Waals surface area contributed by atoms with Crippen LogP contribution in [0, 0.1) is 0 Å². The molecule has 0 aliphatic rings. The van der Waals surface area contributed by atoms with E-state index in [-0.39, 0.29) is 57.4 Å². The van der Waals surface area contributed by atoms with Crippen molar-refractivity contribution < 1.29 is 14.0 Å². The highest BCUT2D eigenvalue weighted by Crippen LogP contribution is 2.49. The summed E-state index contributed by atoms with van der Waals surface area (Å²) in [6, 6.07) is 37.7. The maximum absolute atomic E-state index is 9.44. The van der Waals surface area contributed by atoms with E-state index in [4.69, 9.17) is 12.6 Å². The number of hydrogen-bond donors (Lipinski definition) is 0. The van der Waals surface area contributed by atoms with Crippen molar-refractivity contribution in [3.63, 3.8) is 0 Å². The second-order valence-corrected chi connectivity index (χ2v) is 11.8. The Morgan fingerprint density at radius 2 is 1.22 bits per heavy atom. The van der Waals surface area contributed by atoms with Crippen LogP contribution in [-0.4, -0.2) is 0 Å². The van der Waals surface area contributed by atoms with Crippen LogP contribution in [0.15, 0.2) is 168 Å². The van der Waals surface area contributed by atoms with E-state index < -0.39 is 6.04 Å². The average Bonchev–Trinajstić information content (AvgIpc) is 3.78. The van der Waals surface area contributed by atoms with Crippen molar-refractivity contribution in [2.45, 2.75) is 0 Å². The van der Waals surface area contributed by atoms with Gasteiger partial charge in [0.25, 0.3) is 0 Å². The van der Waals surface area contributed by atoms with Gasteiger partial charge in [-0.3, -0.25) is 0 Å². The van der Waals surface area contributed by atoms with Crippen molar-refractivity contribution in [1.82, 2.24) is 0 Å². The fourth-order valence-electron chi connectivity index (χ4n) is 6.14. The van der Waals surface area contributed by atoms with Crippen LogP contribution in [0.1, 0.15) is 9.60 Å². The van der Waals surface area contributed by atoms with Crippen LogP contribution in [0.3, 0.4) is 0 Å². The Hall–Kier alpha value is -5.64. The summed E-state index contributed by atoms with van der Waals surface area (Å²) in [7, 11) is 0. The Morgan fingerprint density at radius 3 is 2.04 bits per heavy atom. The van der Waals surface area contributed by atoms with Crippen LogP contribution < -0.4 is 4.90 Å². The van der Waals surface area contributed by atoms with Gasteiger partial charge in [-0.1, -0.05) is 127 Å². The molecular weight excluding hydrogens is 567 g/mol. The van der Waals surface area contributed by atoms with Gasteiger partial charge in [-0.05, 0) is 58.6 Å². The topological polar surface area (TPSA) is 16.4 Å². The molecule has 0 amide bonds. The molecule has 0 unspecified atom stereocenters. The summed E-state index contributed by atoms with van der Waals surface area (Å²) < 4.78 is 69.3. The van der Waals surface area contributed by atoms with E-state index in [2.05, 4.69) is 12.1 Å². The minimum absolute atomic E-state index is 0.179. The SMILES string of the molecule is [2H]c1c([2H])c([2H])c2c(sc3c(N(c4ccc(-c5ccccc5)cc4)c4ccc(-c5ccccc5)c5c4oc4ccccc45)c([2H])c([2H])c([2H])c32)c1[2H]. The predicted molar refractivity (Wildman–Crippen MR) is 192 cm³/mol. The fraction of sp³-hybridized carbons (Fsp3) is 0. The fourth-order valence-corrected chi connectivity index (χ4v) is 7.20. The van der Waals surface area contributed by atoms with E-state index >= 15 is 0 Å². The number of anilines is 3. The van der Waals surface area contributed by atoms with Gasteiger partial charge in [0.05, 0.1) is 25.7 Å². The quantitative estimate of drug-likeness (QED) is 0.195. The lowest BCUT2D eigenvalue weighted by Gasteiger charge is -2.27. The molecule has 2 nitrogen and oxygen atoms in total. The lowest BCUT2D eigenvalue weighted by Crippen LogP contribution is -2.10. The third-order valence-electron chi connectivity index (χ3n) is 8.21. The number of furan rings is 1. The number of para-hydroxylation sites is 1. The van der Waals surface area contributed by atoms with Gasteiger partial charge < -0.3 is 9.32 Å². The van der Waals surface area contributed by atoms with E-state index in [9.17, 15) is 1.37 Å². The zero-order chi connectivity index (χ0) is 35.8. The summed E-state index contributed by atoms with van der Waals surface area (Å²) in [4.78, 5) is 1.88. The Morgan fingerprint density at radius 1 is 0.533 bits per heavy atom. The number of benzene rings is 7. The highest BCUT2D eigenvalue weighted by atomic mass is 32.1. The molecule has 0 spiro atoms. The van der Waals surface area contributed by atoms with Gasteiger partial charge in [-0.25, -0.2) is 0 Å². The molecule has 0 fully saturated rings. The molecule has 45 heavy (non-hydrogen) atoms. The van der Waals surface area contributed by atoms with E-state index in [0.29, 0.717) is 27.2 Å². The van der Waals surface area contributed by atoms with Gasteiger partial charge in [-0.15, -0.1) is 11.3 Å². The molecule has 0 saturated carbocycles. The second-order valence-electron chi connectivity index (χ2n) is 10.8. The average molecular weight is 601 g/mol. The standard InChI is InChI=1S/C42H27NOS/c1-3-12-28(13-4-1)29-22-24-31(25-23-29)43(37-19-11-18-34-33-16-8-10-21-39(33)45-42(34)37)36-27-26-32(30-14-5-2-6-15-30)40-35-17-7-9-20-38(35)44-41(36)40/h1-27H/i8D,10D,11D,16D,18D,19D,21D. The van der Waals surface area contributed by atoms with Crippen molar-refractivity contribution in [2.75, 3.05) is 4.90 Å². The maximum Gasteiger partial charge on any atom is 0.160 e. The monoisotopic (exact) mass is 600 g/mol. The van der Waals surface area contributed by atoms with Gasteiger partial charge in [0.15, 0.2) is 5.58 Å². The molecule has 9 aromatic rings. The molecule has 0 atom stereocenters. The van der Waals surface area contributed by atoms with Crippen LogP contribution in [0.25, 0.3) is 64.4 Å². The molecular formula is C42H27NOS. The molecule has 0 bridgehead atoms. The van der Waals surface area contributed by atoms with E-state index in [1.807, 2.05) is 114 Å². The second kappa shape index (κ2) is 10.5. The lowest BCUT2D eigenvalue weighted by atomic mass is 9.98. The first kappa shape index (κ1) is 19.6. The van der Waals surface area contributed by atoms with Crippen LogP contribution in [0.2, 0.25) is 0 Å². The summed E-state index contributed by atoms with van der Waals surface area (Å²) in [6.07, 6.45) is 0. The Kier molecular flexibility index (Phi) is 4.58. The summed E-state index contributed by atoms with van der Waals surface area (Å²) in [5, 5.41) is 2.20. The normalized spacial score (nSPS) is 13.7. The Bertz CT molecular complexity index is 2870. The molecule has 9 rings (SSSR count). The van der Waals surface area contributed by atoms with E-state index in [1.165, 1.54) is 0 Å². The van der Waals surface area contributed by atoms with Crippen molar-refractivity contribution >= 4 is 70.5 Å². The van der Waals surface area contributed by atoms with Gasteiger partial charge >= 0.3 is 0 Å². The van der Waals surface area contributed by atoms with Crippen molar-refractivity contribution in [3.05, 3.63) is 164 Å². The van der Waals surface area contributed by atoms with Gasteiger partial charge in [0, 0.05) is 31.9 Å². The summed E-state index contributed by atoms with van der Waals surface area (Å²) in [5.74, 6) is 0. The third kappa shape index (κ3) is 4.24. The minimum atomic E-state index is -0.409. The first-order valence-corrected chi connectivity index (χ1v) is 15.4. The number of hydrogen-bond acceptors (Lipinski definition) is 3. The third-order valence-corrected chi connectivity index (χ3v) is 9.32. The molecule has 0 radical (unpaired) electrons. The van der Waals surface area contributed by atoms with Crippen molar-refractivity contribution in [3.8, 4) is 22.3 Å². The number of thiophene rings is 1. The molecule has 212 valence electrons. The van der Waals surface area contributed by atoms with E-state index in [1.54, 1.807) is 0 Å². The first-order chi connectivity index (χ1) is 25.2. The Balaban J connectivity index is 1.42. The molecule has 0 saturated heterocycles. The summed E-state index contributed by atoms with van der Waals surface area (Å²) in [5.41, 5.74) is 6.80. The van der Waals surface area contributed by atoms with Crippen molar-refractivity contribution in [1.29, 1.82) is 0 Å². The molecule has 2 heterocycles. The lowest BCUT2D eigenvalue weighted by molar-refractivity contribution is 0.669. The van der Waals surface area contributed by atoms with Crippen LogP contribution >= 0.6 is 11.3 Å². The van der Waals surface area contributed by atoms with Crippen LogP contribution in [0.5, 0.6) is 0 Å². The highest BCUT2D eigenvalue weighted by Gasteiger charge is 2.24. The van der Waals surface area contributed by atoms with Gasteiger partial charge in [0.2, 0.25) is 0 Å². The highest BCUT2D eigenvalue weighted by molar-refractivity contribution is 7.26. The van der Waals surface area contributed by atoms with Gasteiger partial charge in [-0.2, -0.15) is 0 Å². The first-order valence-electron chi connectivity index (χ1n) is 18.1. The number of rotatable bonds is 5. The summed E-state index contributed by atoms with van der Waals surface area (Å²) >= 11 is 1.11. The van der Waals surface area contributed by atoms with E-state index in [0.717, 1.165) is 44.4 Å². The van der Waals surface area contributed by atoms with Crippen LogP contribution in [0.4, 0.5) is 17.1 Å². The zero-order valence-electron chi connectivity index (χ0n) is 30.8. The Labute approximate surface area is 274 Å². The van der Waals surface area contributed by atoms with Crippen LogP contribution in [-0.2, 0) is 0 Å². The molecule has 0 aliphatic carbocycles. The minimum Gasteiger partial charge on any atom is -0.454 e. The molecule has 0 N–H and O–H groups in total. The number of nitrogens with zero attached hydrogens (tertiary/aromatic N) is 1. The maximum atomic E-state index is 9.44. The predicted octanol–water partition coefficient (Wildman–Crippen LogP) is 12.8. The molecule has 3 heteroatoms. The smallest absolute Gasteiger partial charge is 0.160 e. The zero-order valence-corrected chi connectivity index (χ0v) is 24.6. The largest absolute Gasteiger partial charge is 0.454 e.